The Balaban J connectivity index is 2.01. The average molecular weight is 310 g/mol. The molecular weight excluding hydrogens is 301 g/mol. The van der Waals surface area contributed by atoms with Crippen LogP contribution in [0.1, 0.15) is 11.3 Å². The Morgan fingerprint density at radius 1 is 1.24 bits per heavy atom. The molecule has 0 amide bonds. The minimum Gasteiger partial charge on any atom is -0.429 e. The van der Waals surface area contributed by atoms with Gasteiger partial charge in [0.25, 0.3) is 5.19 Å². The first-order valence-corrected chi connectivity index (χ1v) is 6.87. The topological polar surface area (TPSA) is 35.0 Å². The van der Waals surface area contributed by atoms with E-state index in [1.807, 2.05) is 12.3 Å². The summed E-state index contributed by atoms with van der Waals surface area (Å²) in [7, 11) is 0. The molecule has 0 aliphatic heterocycles. The third-order valence-electron chi connectivity index (χ3n) is 2.79. The summed E-state index contributed by atoms with van der Waals surface area (Å²) < 4.78 is 44.2. The summed E-state index contributed by atoms with van der Waals surface area (Å²) in [6.07, 6.45) is -3.16. The number of alkyl halides is 3. The van der Waals surface area contributed by atoms with Crippen LogP contribution in [0.3, 0.4) is 0 Å². The fourth-order valence-electron chi connectivity index (χ4n) is 1.91. The van der Waals surface area contributed by atoms with Crippen LogP contribution in [0.25, 0.3) is 10.9 Å². The van der Waals surface area contributed by atoms with Crippen LogP contribution >= 0.6 is 11.3 Å². The first-order valence-electron chi connectivity index (χ1n) is 5.99. The monoisotopic (exact) mass is 310 g/mol. The number of rotatable bonds is 2. The van der Waals surface area contributed by atoms with E-state index in [2.05, 4.69) is 9.97 Å². The van der Waals surface area contributed by atoms with Gasteiger partial charge in [-0.3, -0.25) is 4.98 Å². The maximum Gasteiger partial charge on any atom is 0.418 e. The lowest BCUT2D eigenvalue weighted by Gasteiger charge is -2.10. The Morgan fingerprint density at radius 3 is 2.71 bits per heavy atom. The summed E-state index contributed by atoms with van der Waals surface area (Å²) in [6.45, 7) is 1.83. The lowest BCUT2D eigenvalue weighted by molar-refractivity contribution is -0.136. The minimum absolute atomic E-state index is 0.0901. The number of aryl methyl sites for hydroxylation is 1. The molecule has 2 heterocycles. The summed E-state index contributed by atoms with van der Waals surface area (Å²) >= 11 is 1.32. The van der Waals surface area contributed by atoms with Gasteiger partial charge in [0.15, 0.2) is 0 Å². The molecule has 3 rings (SSSR count). The molecule has 0 saturated carbocycles. The molecule has 1 aromatic carbocycles. The molecule has 3 nitrogen and oxygen atoms in total. The number of ether oxygens (including phenoxy) is 1. The van der Waals surface area contributed by atoms with Crippen molar-refractivity contribution in [2.75, 3.05) is 0 Å². The number of pyridine rings is 1. The largest absolute Gasteiger partial charge is 0.429 e. The number of thiazole rings is 1. The van der Waals surface area contributed by atoms with Gasteiger partial charge in [0.2, 0.25) is 0 Å². The van der Waals surface area contributed by atoms with Crippen LogP contribution in [0.15, 0.2) is 35.8 Å². The highest BCUT2D eigenvalue weighted by Crippen LogP contribution is 2.35. The molecular formula is C14H9F3N2OS. The molecule has 0 unspecified atom stereocenters. The second-order valence-corrected chi connectivity index (χ2v) is 5.22. The highest BCUT2D eigenvalue weighted by atomic mass is 32.1. The van der Waals surface area contributed by atoms with Crippen molar-refractivity contribution < 1.29 is 17.9 Å². The Bertz CT molecular complexity index is 798. The van der Waals surface area contributed by atoms with Gasteiger partial charge < -0.3 is 4.74 Å². The van der Waals surface area contributed by atoms with Crippen LogP contribution in [0.2, 0.25) is 0 Å². The van der Waals surface area contributed by atoms with E-state index in [1.165, 1.54) is 29.7 Å². The fraction of sp³-hybridized carbons (Fsp3) is 0.143. The highest BCUT2D eigenvalue weighted by molar-refractivity contribution is 7.11. The highest BCUT2D eigenvalue weighted by Gasteiger charge is 2.33. The third kappa shape index (κ3) is 2.82. The molecule has 0 N–H and O–H groups in total. The van der Waals surface area contributed by atoms with Crippen LogP contribution < -0.4 is 4.74 Å². The van der Waals surface area contributed by atoms with E-state index in [4.69, 9.17) is 4.74 Å². The first-order chi connectivity index (χ1) is 9.93. The van der Waals surface area contributed by atoms with E-state index >= 15 is 0 Å². The molecule has 7 heteroatoms. The number of halogens is 3. The van der Waals surface area contributed by atoms with Crippen molar-refractivity contribution in [2.24, 2.45) is 0 Å². The van der Waals surface area contributed by atoms with Crippen molar-refractivity contribution in [2.45, 2.75) is 13.1 Å². The van der Waals surface area contributed by atoms with E-state index in [0.717, 1.165) is 11.8 Å². The Kier molecular flexibility index (Phi) is 3.29. The number of aromatic nitrogens is 2. The molecule has 0 aliphatic rings. The number of hydrogen-bond donors (Lipinski definition) is 0. The second kappa shape index (κ2) is 5.00. The van der Waals surface area contributed by atoms with Crippen LogP contribution in [0.4, 0.5) is 13.2 Å². The predicted molar refractivity (Wildman–Crippen MR) is 73.7 cm³/mol. The zero-order valence-electron chi connectivity index (χ0n) is 10.8. The van der Waals surface area contributed by atoms with Crippen molar-refractivity contribution >= 4 is 22.2 Å². The first kappa shape index (κ1) is 13.8. The van der Waals surface area contributed by atoms with Gasteiger partial charge in [-0.2, -0.15) is 13.2 Å². The van der Waals surface area contributed by atoms with Gasteiger partial charge in [0, 0.05) is 10.8 Å². The molecule has 0 saturated heterocycles. The van der Waals surface area contributed by atoms with Crippen molar-refractivity contribution in [3.05, 3.63) is 47.1 Å². The van der Waals surface area contributed by atoms with Crippen molar-refractivity contribution in [1.82, 2.24) is 9.97 Å². The number of para-hydroxylation sites is 1. The SMILES string of the molecule is Cc1csc(Oc2cnc3c(C(F)(F)F)cccc3c2)n1. The van der Waals surface area contributed by atoms with E-state index in [-0.39, 0.29) is 5.52 Å². The molecule has 108 valence electrons. The Labute approximate surface area is 122 Å². The quantitative estimate of drug-likeness (QED) is 0.681. The van der Waals surface area contributed by atoms with Gasteiger partial charge in [0.1, 0.15) is 5.75 Å². The Morgan fingerprint density at radius 2 is 2.05 bits per heavy atom. The predicted octanol–water partition coefficient (Wildman–Crippen LogP) is 4.81. The van der Waals surface area contributed by atoms with E-state index in [0.29, 0.717) is 16.3 Å². The number of benzene rings is 1. The number of nitrogens with zero attached hydrogens (tertiary/aromatic N) is 2. The zero-order chi connectivity index (χ0) is 15.0. The summed E-state index contributed by atoms with van der Waals surface area (Å²) in [5.74, 6) is 0.358. The third-order valence-corrected chi connectivity index (χ3v) is 3.63. The summed E-state index contributed by atoms with van der Waals surface area (Å²) in [5, 5.41) is 2.63. The zero-order valence-corrected chi connectivity index (χ0v) is 11.6. The van der Waals surface area contributed by atoms with Gasteiger partial charge >= 0.3 is 6.18 Å². The maximum atomic E-state index is 12.9. The molecule has 0 spiro atoms. The van der Waals surface area contributed by atoms with Crippen molar-refractivity contribution in [3.8, 4) is 10.9 Å². The van der Waals surface area contributed by atoms with Crippen molar-refractivity contribution in [3.63, 3.8) is 0 Å². The summed E-state index contributed by atoms with van der Waals surface area (Å²) in [6, 6.07) is 5.45. The van der Waals surface area contributed by atoms with E-state index in [9.17, 15) is 13.2 Å². The molecule has 21 heavy (non-hydrogen) atoms. The van der Waals surface area contributed by atoms with Gasteiger partial charge in [-0.15, -0.1) is 0 Å². The lowest BCUT2D eigenvalue weighted by Crippen LogP contribution is -2.06. The standard InChI is InChI=1S/C14H9F3N2OS/c1-8-7-21-13(19-8)20-10-5-9-3-2-4-11(14(15,16)17)12(9)18-6-10/h2-7H,1H3. The van der Waals surface area contributed by atoms with Crippen LogP contribution in [0.5, 0.6) is 10.9 Å². The van der Waals surface area contributed by atoms with Crippen LogP contribution in [0, 0.1) is 6.92 Å². The fourth-order valence-corrected chi connectivity index (χ4v) is 2.57. The van der Waals surface area contributed by atoms with Gasteiger partial charge in [-0.1, -0.05) is 23.5 Å². The minimum atomic E-state index is -4.43. The smallest absolute Gasteiger partial charge is 0.418 e. The van der Waals surface area contributed by atoms with E-state index in [1.54, 1.807) is 6.07 Å². The molecule has 0 atom stereocenters. The summed E-state index contributed by atoms with van der Waals surface area (Å²) in [4.78, 5) is 8.01. The molecule has 0 aliphatic carbocycles. The number of fused-ring (bicyclic) bond motifs is 1. The van der Waals surface area contributed by atoms with Crippen LogP contribution in [-0.2, 0) is 6.18 Å². The summed E-state index contributed by atoms with van der Waals surface area (Å²) in [5.41, 5.74) is -0.0209. The lowest BCUT2D eigenvalue weighted by atomic mass is 10.1. The normalized spacial score (nSPS) is 11.8. The van der Waals surface area contributed by atoms with Crippen molar-refractivity contribution in [1.29, 1.82) is 0 Å². The Hall–Kier alpha value is -2.15. The maximum absolute atomic E-state index is 12.9. The molecule has 3 aromatic rings. The second-order valence-electron chi connectivity index (χ2n) is 4.40. The van der Waals surface area contributed by atoms with Gasteiger partial charge in [-0.25, -0.2) is 4.98 Å². The molecule has 0 bridgehead atoms. The van der Waals surface area contributed by atoms with Gasteiger partial charge in [0.05, 0.1) is 23.0 Å². The molecule has 2 aromatic heterocycles. The molecule has 0 radical (unpaired) electrons. The number of hydrogen-bond acceptors (Lipinski definition) is 4. The van der Waals surface area contributed by atoms with Gasteiger partial charge in [-0.05, 0) is 19.1 Å². The molecule has 0 fully saturated rings. The average Bonchev–Trinajstić information content (AvgIpc) is 2.82. The van der Waals surface area contributed by atoms with Crippen LogP contribution in [-0.4, -0.2) is 9.97 Å². The van der Waals surface area contributed by atoms with E-state index < -0.39 is 11.7 Å².